The topological polar surface area (TPSA) is 117 Å². The molecule has 0 radical (unpaired) electrons. The van der Waals surface area contributed by atoms with Gasteiger partial charge in [-0.3, -0.25) is 14.9 Å². The van der Waals surface area contributed by atoms with Crippen LogP contribution < -0.4 is 14.8 Å². The molecule has 1 heterocycles. The van der Waals surface area contributed by atoms with E-state index < -0.39 is 23.4 Å². The van der Waals surface area contributed by atoms with Crippen LogP contribution in [0.4, 0.5) is 11.4 Å². The van der Waals surface area contributed by atoms with Crippen LogP contribution in [-0.4, -0.2) is 36.6 Å². The first kappa shape index (κ1) is 19.4. The zero-order valence-electron chi connectivity index (χ0n) is 14.7. The van der Waals surface area contributed by atoms with Crippen molar-refractivity contribution in [3.63, 3.8) is 0 Å². The number of rotatable bonds is 5. The van der Waals surface area contributed by atoms with Crippen molar-refractivity contribution < 1.29 is 28.7 Å². The maximum absolute atomic E-state index is 12.2. The lowest BCUT2D eigenvalue weighted by Gasteiger charge is -2.19. The van der Waals surface area contributed by atoms with Gasteiger partial charge in [-0.15, -0.1) is 0 Å². The molecular weight excluding hydrogens is 392 g/mol. The Bertz CT molecular complexity index is 961. The summed E-state index contributed by atoms with van der Waals surface area (Å²) in [5.41, 5.74) is 0.521. The Balaban J connectivity index is 1.65. The number of halogens is 1. The average Bonchev–Trinajstić information content (AvgIpc) is 2.67. The van der Waals surface area contributed by atoms with E-state index in [1.54, 1.807) is 13.0 Å². The molecule has 0 fully saturated rings. The molecule has 0 atom stereocenters. The van der Waals surface area contributed by atoms with E-state index in [-0.39, 0.29) is 22.0 Å². The predicted octanol–water partition coefficient (Wildman–Crippen LogP) is 3.12. The highest BCUT2D eigenvalue weighted by Gasteiger charge is 2.21. The van der Waals surface area contributed by atoms with Crippen LogP contribution in [0.25, 0.3) is 0 Å². The molecule has 1 amide bonds. The minimum absolute atomic E-state index is 0.0130. The summed E-state index contributed by atoms with van der Waals surface area (Å²) in [5.74, 6) is -0.865. The Morgan fingerprint density at radius 2 is 2.00 bits per heavy atom. The summed E-state index contributed by atoms with van der Waals surface area (Å²) in [7, 11) is 0. The van der Waals surface area contributed by atoms with E-state index in [1.807, 2.05) is 0 Å². The number of nitro groups is 1. The number of nitrogens with one attached hydrogen (secondary N) is 1. The molecule has 1 aliphatic heterocycles. The second kappa shape index (κ2) is 8.13. The SMILES string of the molecule is Cc1ccc(NC(=O)COC(=O)c2cc(Cl)c3c(c2)OCCO3)c([N+](=O)[O-])c1. The van der Waals surface area contributed by atoms with E-state index in [4.69, 9.17) is 25.8 Å². The highest BCUT2D eigenvalue weighted by atomic mass is 35.5. The minimum Gasteiger partial charge on any atom is -0.486 e. The lowest BCUT2D eigenvalue weighted by molar-refractivity contribution is -0.384. The fourth-order valence-electron chi connectivity index (χ4n) is 2.53. The third-order valence-corrected chi connectivity index (χ3v) is 4.07. The third kappa shape index (κ3) is 4.32. The van der Waals surface area contributed by atoms with Crippen molar-refractivity contribution in [1.82, 2.24) is 0 Å². The number of aryl methyl sites for hydroxylation is 1. The van der Waals surface area contributed by atoms with Crippen molar-refractivity contribution in [2.45, 2.75) is 6.92 Å². The molecule has 28 heavy (non-hydrogen) atoms. The van der Waals surface area contributed by atoms with Gasteiger partial charge >= 0.3 is 5.97 Å². The first-order valence-corrected chi connectivity index (χ1v) is 8.54. The van der Waals surface area contributed by atoms with Gasteiger partial charge in [0.1, 0.15) is 18.9 Å². The fraction of sp³-hybridized carbons (Fsp3) is 0.222. The number of fused-ring (bicyclic) bond motifs is 1. The molecule has 0 spiro atoms. The third-order valence-electron chi connectivity index (χ3n) is 3.79. The summed E-state index contributed by atoms with van der Waals surface area (Å²) < 4.78 is 15.7. The van der Waals surface area contributed by atoms with Crippen LogP contribution >= 0.6 is 11.6 Å². The van der Waals surface area contributed by atoms with Crippen LogP contribution in [0.5, 0.6) is 11.5 Å². The molecule has 0 bridgehead atoms. The molecule has 2 aromatic rings. The molecule has 3 rings (SSSR count). The number of benzene rings is 2. The van der Waals surface area contributed by atoms with Crippen molar-refractivity contribution >= 4 is 34.9 Å². The molecule has 0 aromatic heterocycles. The molecule has 9 nitrogen and oxygen atoms in total. The number of esters is 1. The average molecular weight is 407 g/mol. The number of amides is 1. The second-order valence-electron chi connectivity index (χ2n) is 5.88. The molecule has 1 aliphatic rings. The maximum Gasteiger partial charge on any atom is 0.338 e. The zero-order valence-corrected chi connectivity index (χ0v) is 15.4. The van der Waals surface area contributed by atoms with Gasteiger partial charge in [0.05, 0.1) is 15.5 Å². The molecule has 2 aromatic carbocycles. The smallest absolute Gasteiger partial charge is 0.338 e. The van der Waals surface area contributed by atoms with Gasteiger partial charge in [0.25, 0.3) is 11.6 Å². The minimum atomic E-state index is -0.799. The van der Waals surface area contributed by atoms with Crippen LogP contribution in [0, 0.1) is 17.0 Å². The summed E-state index contributed by atoms with van der Waals surface area (Å²) in [6.07, 6.45) is 0. The Morgan fingerprint density at radius 1 is 1.25 bits per heavy atom. The van der Waals surface area contributed by atoms with Crippen LogP contribution in [0.2, 0.25) is 5.02 Å². The molecule has 146 valence electrons. The van der Waals surface area contributed by atoms with Gasteiger partial charge in [0, 0.05) is 6.07 Å². The Morgan fingerprint density at radius 3 is 2.75 bits per heavy atom. The first-order valence-electron chi connectivity index (χ1n) is 8.16. The largest absolute Gasteiger partial charge is 0.486 e. The van der Waals surface area contributed by atoms with Crippen molar-refractivity contribution in [3.05, 3.63) is 56.6 Å². The molecule has 0 unspecified atom stereocenters. The number of ether oxygens (including phenoxy) is 3. The van der Waals surface area contributed by atoms with E-state index in [1.165, 1.54) is 24.3 Å². The lowest BCUT2D eigenvalue weighted by Crippen LogP contribution is -2.22. The monoisotopic (exact) mass is 406 g/mol. The van der Waals surface area contributed by atoms with E-state index in [0.717, 1.165) is 0 Å². The van der Waals surface area contributed by atoms with E-state index >= 15 is 0 Å². The summed E-state index contributed by atoms with van der Waals surface area (Å²) in [6.45, 7) is 1.73. The molecule has 0 aliphatic carbocycles. The van der Waals surface area contributed by atoms with E-state index in [0.29, 0.717) is 30.3 Å². The molecule has 1 N–H and O–H groups in total. The fourth-order valence-corrected chi connectivity index (χ4v) is 2.79. The predicted molar refractivity (Wildman–Crippen MR) is 99.2 cm³/mol. The van der Waals surface area contributed by atoms with Crippen molar-refractivity contribution in [3.8, 4) is 11.5 Å². The summed E-state index contributed by atoms with van der Waals surface area (Å²) in [6, 6.07) is 7.12. The van der Waals surface area contributed by atoms with Gasteiger partial charge in [-0.2, -0.15) is 0 Å². The molecule has 0 saturated heterocycles. The van der Waals surface area contributed by atoms with Crippen LogP contribution in [0.1, 0.15) is 15.9 Å². The number of anilines is 1. The molecular formula is C18H15ClN2O7. The van der Waals surface area contributed by atoms with Gasteiger partial charge in [0.2, 0.25) is 0 Å². The maximum atomic E-state index is 12.2. The lowest BCUT2D eigenvalue weighted by atomic mass is 10.2. The van der Waals surface area contributed by atoms with Gasteiger partial charge in [-0.05, 0) is 30.7 Å². The van der Waals surface area contributed by atoms with Crippen molar-refractivity contribution in [2.75, 3.05) is 25.1 Å². The number of nitro benzene ring substituents is 1. The van der Waals surface area contributed by atoms with Crippen LogP contribution in [0.3, 0.4) is 0 Å². The number of hydrogen-bond acceptors (Lipinski definition) is 7. The summed E-state index contributed by atoms with van der Waals surface area (Å²) >= 11 is 6.07. The second-order valence-corrected chi connectivity index (χ2v) is 6.29. The highest BCUT2D eigenvalue weighted by Crippen LogP contribution is 2.38. The first-order chi connectivity index (χ1) is 13.3. The number of nitrogens with zero attached hydrogens (tertiary/aromatic N) is 1. The number of hydrogen-bond donors (Lipinski definition) is 1. The number of carbonyl (C=O) groups excluding carboxylic acids is 2. The van der Waals surface area contributed by atoms with Gasteiger partial charge in [-0.25, -0.2) is 4.79 Å². The van der Waals surface area contributed by atoms with Crippen LogP contribution in [0.15, 0.2) is 30.3 Å². The zero-order chi connectivity index (χ0) is 20.3. The standard InChI is InChI=1S/C18H15ClN2O7/c1-10-2-3-13(14(6-10)21(24)25)20-16(22)9-28-18(23)11-7-12(19)17-15(8-11)26-4-5-27-17/h2-3,6-8H,4-5,9H2,1H3,(H,20,22). The normalized spacial score (nSPS) is 12.2. The van der Waals surface area contributed by atoms with E-state index in [9.17, 15) is 19.7 Å². The van der Waals surface area contributed by atoms with Crippen molar-refractivity contribution in [1.29, 1.82) is 0 Å². The van der Waals surface area contributed by atoms with Crippen LogP contribution in [-0.2, 0) is 9.53 Å². The van der Waals surface area contributed by atoms with Crippen molar-refractivity contribution in [2.24, 2.45) is 0 Å². The molecule has 10 heteroatoms. The highest BCUT2D eigenvalue weighted by molar-refractivity contribution is 6.32. The Labute approximate surface area is 164 Å². The quantitative estimate of drug-likeness (QED) is 0.460. The van der Waals surface area contributed by atoms with Gasteiger partial charge < -0.3 is 19.5 Å². The Hall–Kier alpha value is -3.33. The van der Waals surface area contributed by atoms with Gasteiger partial charge in [0.15, 0.2) is 18.1 Å². The summed E-state index contributed by atoms with van der Waals surface area (Å²) in [4.78, 5) is 34.7. The van der Waals surface area contributed by atoms with Gasteiger partial charge in [-0.1, -0.05) is 17.7 Å². The Kier molecular flexibility index (Phi) is 5.65. The molecule has 0 saturated carbocycles. The summed E-state index contributed by atoms with van der Waals surface area (Å²) in [5, 5.41) is 13.6. The number of carbonyl (C=O) groups is 2. The van der Waals surface area contributed by atoms with E-state index in [2.05, 4.69) is 5.32 Å².